The molecule has 2 amide bonds. The maximum Gasteiger partial charge on any atom is 0.274 e. The predicted octanol–water partition coefficient (Wildman–Crippen LogP) is 0.778. The summed E-state index contributed by atoms with van der Waals surface area (Å²) in [4.78, 5) is 31.2. The van der Waals surface area contributed by atoms with Crippen LogP contribution in [0.25, 0.3) is 5.65 Å². The van der Waals surface area contributed by atoms with Crippen molar-refractivity contribution in [2.24, 2.45) is 0 Å². The fourth-order valence-electron chi connectivity index (χ4n) is 2.45. The average molecular weight is 290 g/mol. The molecule has 0 aliphatic carbocycles. The van der Waals surface area contributed by atoms with Gasteiger partial charge in [-0.05, 0) is 12.1 Å². The molecule has 1 saturated heterocycles. The Bertz CT molecular complexity index is 704. The van der Waals surface area contributed by atoms with Gasteiger partial charge in [0.05, 0.1) is 0 Å². The molecule has 2 aromatic heterocycles. The summed E-state index contributed by atoms with van der Waals surface area (Å²) in [5.74, 6) is -0.554. The molecular weight excluding hydrogens is 275 g/mol. The number of aromatic nitrogens is 2. The number of fused-ring (bicyclic) bond motifs is 1. The van der Waals surface area contributed by atoms with Crippen molar-refractivity contribution < 1.29 is 14.0 Å². The smallest absolute Gasteiger partial charge is 0.274 e. The number of amides is 2. The Morgan fingerprint density at radius 2 is 1.76 bits per heavy atom. The van der Waals surface area contributed by atoms with E-state index >= 15 is 0 Å². The van der Waals surface area contributed by atoms with Gasteiger partial charge >= 0.3 is 0 Å². The SMILES string of the molecule is CC(=O)N1CCN(C(=O)c2cn3cc(F)ccc3n2)CC1. The number of piperazine rings is 1. The second kappa shape index (κ2) is 5.16. The number of pyridine rings is 1. The van der Waals surface area contributed by atoms with Gasteiger partial charge in [-0.15, -0.1) is 0 Å². The number of carbonyl (C=O) groups is 2. The van der Waals surface area contributed by atoms with Crippen LogP contribution in [0.2, 0.25) is 0 Å². The highest BCUT2D eigenvalue weighted by Crippen LogP contribution is 2.11. The second-order valence-electron chi connectivity index (χ2n) is 5.04. The molecule has 0 radical (unpaired) electrons. The third-order valence-electron chi connectivity index (χ3n) is 3.65. The van der Waals surface area contributed by atoms with Gasteiger partial charge in [0.2, 0.25) is 5.91 Å². The van der Waals surface area contributed by atoms with Gasteiger partial charge in [-0.25, -0.2) is 9.37 Å². The third kappa shape index (κ3) is 2.58. The lowest BCUT2D eigenvalue weighted by Gasteiger charge is -2.33. The Morgan fingerprint density at radius 3 is 2.43 bits per heavy atom. The summed E-state index contributed by atoms with van der Waals surface area (Å²) in [6.07, 6.45) is 2.81. The highest BCUT2D eigenvalue weighted by atomic mass is 19.1. The van der Waals surface area contributed by atoms with Gasteiger partial charge in [0, 0.05) is 45.5 Å². The van der Waals surface area contributed by atoms with Crippen molar-refractivity contribution in [3.63, 3.8) is 0 Å². The van der Waals surface area contributed by atoms with E-state index in [2.05, 4.69) is 4.98 Å². The lowest BCUT2D eigenvalue weighted by molar-refractivity contribution is -0.130. The number of halogens is 1. The molecule has 21 heavy (non-hydrogen) atoms. The van der Waals surface area contributed by atoms with Gasteiger partial charge in [-0.1, -0.05) is 0 Å². The molecule has 1 aliphatic rings. The van der Waals surface area contributed by atoms with Crippen molar-refractivity contribution in [1.29, 1.82) is 0 Å². The van der Waals surface area contributed by atoms with Gasteiger partial charge in [-0.3, -0.25) is 9.59 Å². The summed E-state index contributed by atoms with van der Waals surface area (Å²) in [7, 11) is 0. The zero-order chi connectivity index (χ0) is 15.0. The topological polar surface area (TPSA) is 57.9 Å². The number of carbonyl (C=O) groups excluding carboxylic acids is 2. The van der Waals surface area contributed by atoms with Crippen LogP contribution in [-0.4, -0.2) is 57.2 Å². The number of rotatable bonds is 1. The fraction of sp³-hybridized carbons (Fsp3) is 0.357. The highest BCUT2D eigenvalue weighted by molar-refractivity contribution is 5.93. The van der Waals surface area contributed by atoms with Crippen LogP contribution >= 0.6 is 0 Å². The molecule has 2 aromatic rings. The number of imidazole rings is 1. The number of nitrogens with zero attached hydrogens (tertiary/aromatic N) is 4. The molecule has 1 fully saturated rings. The summed E-state index contributed by atoms with van der Waals surface area (Å²) in [5, 5.41) is 0. The minimum atomic E-state index is -0.381. The van der Waals surface area contributed by atoms with Crippen LogP contribution in [0, 0.1) is 5.82 Å². The van der Waals surface area contributed by atoms with E-state index in [-0.39, 0.29) is 23.3 Å². The number of hydrogen-bond donors (Lipinski definition) is 0. The fourth-order valence-corrected chi connectivity index (χ4v) is 2.45. The van der Waals surface area contributed by atoms with E-state index in [1.807, 2.05) is 0 Å². The minimum Gasteiger partial charge on any atom is -0.339 e. The monoisotopic (exact) mass is 290 g/mol. The Kier molecular flexibility index (Phi) is 3.32. The molecule has 0 aromatic carbocycles. The van der Waals surface area contributed by atoms with Crippen molar-refractivity contribution in [3.05, 3.63) is 36.0 Å². The molecule has 3 rings (SSSR count). The summed E-state index contributed by atoms with van der Waals surface area (Å²) in [5.41, 5.74) is 0.819. The lowest BCUT2D eigenvalue weighted by Crippen LogP contribution is -2.50. The first-order valence-corrected chi connectivity index (χ1v) is 6.73. The van der Waals surface area contributed by atoms with E-state index in [0.29, 0.717) is 31.8 Å². The first kappa shape index (κ1) is 13.5. The normalized spacial score (nSPS) is 15.5. The summed E-state index contributed by atoms with van der Waals surface area (Å²) < 4.78 is 14.6. The third-order valence-corrected chi connectivity index (χ3v) is 3.65. The molecule has 0 spiro atoms. The molecule has 0 saturated carbocycles. The van der Waals surface area contributed by atoms with Crippen LogP contribution in [0.1, 0.15) is 17.4 Å². The van der Waals surface area contributed by atoms with Crippen LogP contribution in [0.3, 0.4) is 0 Å². The van der Waals surface area contributed by atoms with Crippen LogP contribution in [0.5, 0.6) is 0 Å². The molecule has 1 aliphatic heterocycles. The largest absolute Gasteiger partial charge is 0.339 e. The van der Waals surface area contributed by atoms with Crippen molar-refractivity contribution in [1.82, 2.24) is 19.2 Å². The van der Waals surface area contributed by atoms with E-state index in [1.165, 1.54) is 35.9 Å². The maximum atomic E-state index is 13.1. The van der Waals surface area contributed by atoms with Gasteiger partial charge in [0.1, 0.15) is 17.2 Å². The van der Waals surface area contributed by atoms with Crippen molar-refractivity contribution in [2.75, 3.05) is 26.2 Å². The molecule has 0 unspecified atom stereocenters. The minimum absolute atomic E-state index is 0.0188. The lowest BCUT2D eigenvalue weighted by atomic mass is 10.3. The zero-order valence-corrected chi connectivity index (χ0v) is 11.6. The Hall–Kier alpha value is -2.44. The maximum absolute atomic E-state index is 13.1. The summed E-state index contributed by atoms with van der Waals surface area (Å²) in [6.45, 7) is 3.56. The van der Waals surface area contributed by atoms with Crippen LogP contribution in [-0.2, 0) is 4.79 Å². The molecule has 3 heterocycles. The molecule has 6 nitrogen and oxygen atoms in total. The Morgan fingerprint density at radius 1 is 1.10 bits per heavy atom. The quantitative estimate of drug-likeness (QED) is 0.780. The Labute approximate surface area is 120 Å². The van der Waals surface area contributed by atoms with E-state index < -0.39 is 0 Å². The highest BCUT2D eigenvalue weighted by Gasteiger charge is 2.24. The summed E-state index contributed by atoms with van der Waals surface area (Å²) in [6, 6.07) is 2.84. The van der Waals surface area contributed by atoms with Crippen molar-refractivity contribution >= 4 is 17.5 Å². The first-order valence-electron chi connectivity index (χ1n) is 6.73. The Balaban J connectivity index is 1.76. The van der Waals surface area contributed by atoms with Gasteiger partial charge in [-0.2, -0.15) is 0 Å². The molecule has 0 bridgehead atoms. The first-order chi connectivity index (χ1) is 10.0. The second-order valence-corrected chi connectivity index (χ2v) is 5.04. The van der Waals surface area contributed by atoms with E-state index in [1.54, 1.807) is 9.80 Å². The summed E-state index contributed by atoms with van der Waals surface area (Å²) >= 11 is 0. The van der Waals surface area contributed by atoms with E-state index in [0.717, 1.165) is 0 Å². The van der Waals surface area contributed by atoms with E-state index in [4.69, 9.17) is 0 Å². The van der Waals surface area contributed by atoms with Crippen LogP contribution in [0.4, 0.5) is 4.39 Å². The van der Waals surface area contributed by atoms with Crippen molar-refractivity contribution in [2.45, 2.75) is 6.92 Å². The number of hydrogen-bond acceptors (Lipinski definition) is 3. The molecule has 110 valence electrons. The predicted molar refractivity (Wildman–Crippen MR) is 73.3 cm³/mol. The van der Waals surface area contributed by atoms with Crippen LogP contribution < -0.4 is 0 Å². The molecule has 0 N–H and O–H groups in total. The standard InChI is InChI=1S/C14H15FN4O2/c1-10(20)17-4-6-18(7-5-17)14(21)12-9-19-8-11(15)2-3-13(19)16-12/h2-3,8-9H,4-7H2,1H3. The molecule has 7 heteroatoms. The van der Waals surface area contributed by atoms with Gasteiger partial charge in [0.25, 0.3) is 5.91 Å². The van der Waals surface area contributed by atoms with Gasteiger partial charge < -0.3 is 14.2 Å². The van der Waals surface area contributed by atoms with Crippen LogP contribution in [0.15, 0.2) is 24.5 Å². The molecular formula is C14H15FN4O2. The molecule has 0 atom stereocenters. The average Bonchev–Trinajstić information content (AvgIpc) is 2.89. The van der Waals surface area contributed by atoms with Crippen molar-refractivity contribution in [3.8, 4) is 0 Å². The van der Waals surface area contributed by atoms with Gasteiger partial charge in [0.15, 0.2) is 0 Å². The zero-order valence-electron chi connectivity index (χ0n) is 11.6. The van der Waals surface area contributed by atoms with E-state index in [9.17, 15) is 14.0 Å².